The zero-order chi connectivity index (χ0) is 27.8. The largest absolute Gasteiger partial charge is 0.466 e. The molecule has 4 aromatic carbocycles. The number of fused-ring (bicyclic) bond motifs is 5. The molecule has 1 aromatic heterocycles. The highest BCUT2D eigenvalue weighted by Crippen LogP contribution is 2.31. The number of carbonyl (C=O) groups excluding carboxylic acids is 1. The maximum Gasteiger partial charge on any atom is 0.309 e. The molecule has 2 N–H and O–H groups in total. The van der Waals surface area contributed by atoms with Crippen molar-refractivity contribution in [1.29, 1.82) is 0 Å². The van der Waals surface area contributed by atoms with E-state index in [9.17, 15) is 14.4 Å². The van der Waals surface area contributed by atoms with E-state index in [4.69, 9.17) is 9.15 Å². The van der Waals surface area contributed by atoms with Crippen molar-refractivity contribution >= 4 is 55.4 Å². The van der Waals surface area contributed by atoms with Gasteiger partial charge in [-0.1, -0.05) is 30.3 Å². The number of likely N-dealkylation sites (tertiary alicyclic amines) is 1. The minimum atomic E-state index is -0.193. The zero-order valence-electron chi connectivity index (χ0n) is 22.8. The van der Waals surface area contributed by atoms with Crippen molar-refractivity contribution in [3.8, 4) is 0 Å². The van der Waals surface area contributed by atoms with Crippen LogP contribution in [0.2, 0.25) is 0 Å². The van der Waals surface area contributed by atoms with Crippen LogP contribution in [-0.4, -0.2) is 48.6 Å². The van der Waals surface area contributed by atoms with Gasteiger partial charge in [-0.3, -0.25) is 14.4 Å². The van der Waals surface area contributed by atoms with E-state index in [2.05, 4.69) is 15.2 Å². The lowest BCUT2D eigenvalue weighted by atomic mass is 9.97. The quantitative estimate of drug-likeness (QED) is 0.125. The molecule has 40 heavy (non-hydrogen) atoms. The molecule has 206 valence electrons. The highest BCUT2D eigenvalue weighted by Gasteiger charge is 2.25. The second-order valence-corrected chi connectivity index (χ2v) is 10.6. The molecule has 2 heterocycles. The Balaban J connectivity index is 1.32. The fourth-order valence-corrected chi connectivity index (χ4v) is 5.86. The number of hydrogen-bond acceptors (Lipinski definition) is 7. The van der Waals surface area contributed by atoms with Crippen LogP contribution in [0, 0.1) is 12.8 Å². The summed E-state index contributed by atoms with van der Waals surface area (Å²) < 4.78 is 11.5. The van der Waals surface area contributed by atoms with Crippen LogP contribution in [0.25, 0.3) is 43.7 Å². The molecular weight excluding hydrogens is 506 g/mol. The summed E-state index contributed by atoms with van der Waals surface area (Å²) in [5.41, 5.74) is 3.77. The SMILES string of the molecule is CCOC(=O)C1CCN(CCCNc2cc3oc4cc(C)ccc4[nH]c3c3c(=O)c4ccccc4c(=O)c23)CC1. The molecule has 0 atom stereocenters. The van der Waals surface area contributed by atoms with Gasteiger partial charge in [-0.25, -0.2) is 0 Å². The third kappa shape index (κ3) is 4.73. The summed E-state index contributed by atoms with van der Waals surface area (Å²) >= 11 is 0. The number of benzene rings is 4. The van der Waals surface area contributed by atoms with Crippen LogP contribution in [0.15, 0.2) is 62.5 Å². The fraction of sp³-hybridized carbons (Fsp3) is 0.344. The molecule has 0 aliphatic carbocycles. The highest BCUT2D eigenvalue weighted by molar-refractivity contribution is 6.14. The van der Waals surface area contributed by atoms with Crippen LogP contribution < -0.4 is 16.2 Å². The van der Waals surface area contributed by atoms with Gasteiger partial charge in [0.05, 0.1) is 34.3 Å². The predicted molar refractivity (Wildman–Crippen MR) is 159 cm³/mol. The third-order valence-electron chi connectivity index (χ3n) is 7.95. The number of hydrogen-bond donors (Lipinski definition) is 2. The summed E-state index contributed by atoms with van der Waals surface area (Å²) in [7, 11) is 0. The topological polar surface area (TPSA) is 105 Å². The maximum absolute atomic E-state index is 13.8. The third-order valence-corrected chi connectivity index (χ3v) is 7.95. The van der Waals surface area contributed by atoms with Crippen molar-refractivity contribution in [3.05, 3.63) is 74.5 Å². The molecule has 0 amide bonds. The normalized spacial score (nSPS) is 14.8. The first-order valence-electron chi connectivity index (χ1n) is 14.0. The monoisotopic (exact) mass is 539 g/mol. The van der Waals surface area contributed by atoms with Gasteiger partial charge in [-0.2, -0.15) is 0 Å². The number of aromatic amines is 1. The molecule has 8 heteroatoms. The average Bonchev–Trinajstić information content (AvgIpc) is 2.97. The first-order chi connectivity index (χ1) is 19.4. The lowest BCUT2D eigenvalue weighted by Crippen LogP contribution is -2.37. The Hall–Kier alpha value is -4.17. The Morgan fingerprint density at radius 1 is 1.02 bits per heavy atom. The fourth-order valence-electron chi connectivity index (χ4n) is 5.86. The molecule has 1 aliphatic heterocycles. The molecule has 5 aromatic rings. The second-order valence-electron chi connectivity index (χ2n) is 10.6. The molecule has 1 saturated heterocycles. The van der Waals surface area contributed by atoms with Crippen molar-refractivity contribution in [2.75, 3.05) is 38.1 Å². The van der Waals surface area contributed by atoms with Crippen LogP contribution in [0.3, 0.4) is 0 Å². The minimum absolute atomic E-state index is 0.00898. The summed E-state index contributed by atoms with van der Waals surface area (Å²) in [5, 5.41) is 4.99. The molecule has 6 rings (SSSR count). The number of piperidine rings is 1. The van der Waals surface area contributed by atoms with Crippen molar-refractivity contribution in [2.45, 2.75) is 33.1 Å². The Bertz CT molecular complexity index is 1860. The molecule has 0 saturated carbocycles. The lowest BCUT2D eigenvalue weighted by Gasteiger charge is -2.30. The number of carbonyl (C=O) groups is 1. The number of H-pyrrole nitrogens is 1. The number of nitrogens with zero attached hydrogens (tertiary/aromatic N) is 1. The van der Waals surface area contributed by atoms with Crippen LogP contribution in [-0.2, 0) is 9.53 Å². The maximum atomic E-state index is 13.8. The van der Waals surface area contributed by atoms with Gasteiger partial charge in [0.25, 0.3) is 0 Å². The van der Waals surface area contributed by atoms with E-state index >= 15 is 0 Å². The van der Waals surface area contributed by atoms with Crippen LogP contribution >= 0.6 is 0 Å². The summed E-state index contributed by atoms with van der Waals surface area (Å²) in [4.78, 5) is 45.3. The predicted octanol–water partition coefficient (Wildman–Crippen LogP) is 5.33. The number of aryl methyl sites for hydroxylation is 1. The Labute approximate surface area is 230 Å². The average molecular weight is 540 g/mol. The molecule has 0 unspecified atom stereocenters. The molecule has 1 fully saturated rings. The Morgan fingerprint density at radius 3 is 2.48 bits per heavy atom. The lowest BCUT2D eigenvalue weighted by molar-refractivity contribution is -0.149. The smallest absolute Gasteiger partial charge is 0.309 e. The van der Waals surface area contributed by atoms with Gasteiger partial charge in [0, 0.05) is 29.1 Å². The number of aromatic nitrogens is 1. The summed E-state index contributed by atoms with van der Waals surface area (Å²) in [6, 6.07) is 14.7. The van der Waals surface area contributed by atoms with Gasteiger partial charge in [-0.15, -0.1) is 0 Å². The van der Waals surface area contributed by atoms with Crippen molar-refractivity contribution in [3.63, 3.8) is 0 Å². The van der Waals surface area contributed by atoms with Crippen LogP contribution in [0.1, 0.15) is 31.7 Å². The number of nitrogens with one attached hydrogen (secondary N) is 2. The highest BCUT2D eigenvalue weighted by atomic mass is 16.5. The van der Waals surface area contributed by atoms with E-state index in [0.717, 1.165) is 50.0 Å². The summed E-state index contributed by atoms with van der Waals surface area (Å²) in [6.45, 7) is 7.47. The van der Waals surface area contributed by atoms with Crippen LogP contribution in [0.5, 0.6) is 0 Å². The number of ether oxygens (including phenoxy) is 1. The number of esters is 1. The van der Waals surface area contributed by atoms with E-state index in [1.807, 2.05) is 38.1 Å². The number of anilines is 1. The standard InChI is InChI=1S/C32H33N3O5/c1-3-39-32(38)20-11-15-35(16-12-20)14-6-13-33-24-18-26-29(34-23-10-9-19(2)17-25(23)40-26)28-27(24)30(36)21-7-4-5-8-22(21)31(28)37/h4-5,7-10,17-18,20,33-34H,3,6,11-16H2,1-2H3. The summed E-state index contributed by atoms with van der Waals surface area (Å²) in [6.07, 6.45) is 2.47. The second kappa shape index (κ2) is 10.8. The van der Waals surface area contributed by atoms with Crippen molar-refractivity contribution in [2.24, 2.45) is 5.92 Å². The molecule has 0 bridgehead atoms. The van der Waals surface area contributed by atoms with E-state index in [-0.39, 0.29) is 22.7 Å². The molecule has 0 spiro atoms. The van der Waals surface area contributed by atoms with E-state index in [1.165, 1.54) is 0 Å². The first-order valence-corrected chi connectivity index (χ1v) is 14.0. The number of rotatable bonds is 7. The van der Waals surface area contributed by atoms with Gasteiger partial charge in [0.15, 0.2) is 22.0 Å². The van der Waals surface area contributed by atoms with Crippen LogP contribution in [0.4, 0.5) is 5.69 Å². The molecule has 1 aliphatic rings. The van der Waals surface area contributed by atoms with E-state index in [1.54, 1.807) is 24.3 Å². The molecular formula is C32H33N3O5. The van der Waals surface area contributed by atoms with Gasteiger partial charge >= 0.3 is 5.97 Å². The van der Waals surface area contributed by atoms with Crippen molar-refractivity contribution < 1.29 is 13.9 Å². The van der Waals surface area contributed by atoms with E-state index < -0.39 is 0 Å². The Kier molecular flexibility index (Phi) is 7.02. The van der Waals surface area contributed by atoms with E-state index in [0.29, 0.717) is 57.1 Å². The van der Waals surface area contributed by atoms with Gasteiger partial charge < -0.3 is 24.4 Å². The van der Waals surface area contributed by atoms with Gasteiger partial charge in [-0.05, 0) is 70.4 Å². The van der Waals surface area contributed by atoms with Gasteiger partial charge in [0.2, 0.25) is 0 Å². The minimum Gasteiger partial charge on any atom is -0.466 e. The van der Waals surface area contributed by atoms with Crippen molar-refractivity contribution in [1.82, 2.24) is 9.88 Å². The summed E-state index contributed by atoms with van der Waals surface area (Å²) in [5.74, 6) is -0.0958. The zero-order valence-corrected chi connectivity index (χ0v) is 22.8. The van der Waals surface area contributed by atoms with Gasteiger partial charge in [0.1, 0.15) is 0 Å². The molecule has 0 radical (unpaired) electrons. The molecule has 8 nitrogen and oxygen atoms in total. The Morgan fingerprint density at radius 2 is 1.75 bits per heavy atom. The first kappa shape index (κ1) is 26.1.